The van der Waals surface area contributed by atoms with Crippen LogP contribution < -0.4 is 4.74 Å². The zero-order chi connectivity index (χ0) is 20.4. The van der Waals surface area contributed by atoms with E-state index in [1.807, 2.05) is 54.3 Å². The highest BCUT2D eigenvalue weighted by molar-refractivity contribution is 5.98. The van der Waals surface area contributed by atoms with Gasteiger partial charge in [-0.3, -0.25) is 9.59 Å². The Balaban J connectivity index is 1.44. The molecule has 2 amide bonds. The summed E-state index contributed by atoms with van der Waals surface area (Å²) in [5, 5.41) is 1.03. The van der Waals surface area contributed by atoms with Crippen LogP contribution in [0.4, 0.5) is 0 Å². The van der Waals surface area contributed by atoms with Gasteiger partial charge < -0.3 is 19.5 Å². The molecule has 1 N–H and O–H groups in total. The van der Waals surface area contributed by atoms with E-state index in [2.05, 4.69) is 11.1 Å². The average Bonchev–Trinajstić information content (AvgIpc) is 3.07. The van der Waals surface area contributed by atoms with Crippen LogP contribution in [0.15, 0.2) is 48.5 Å². The highest BCUT2D eigenvalue weighted by Gasteiger charge is 2.25. The number of benzene rings is 2. The van der Waals surface area contributed by atoms with Gasteiger partial charge in [-0.2, -0.15) is 0 Å². The summed E-state index contributed by atoms with van der Waals surface area (Å²) >= 11 is 0. The molecule has 150 valence electrons. The van der Waals surface area contributed by atoms with E-state index >= 15 is 0 Å². The van der Waals surface area contributed by atoms with Crippen LogP contribution in [0.25, 0.3) is 10.9 Å². The Morgan fingerprint density at radius 1 is 1.07 bits per heavy atom. The number of rotatable bonds is 4. The first-order valence-electron chi connectivity index (χ1n) is 9.83. The normalized spacial score (nSPS) is 14.9. The molecular weight excluding hydrogens is 366 g/mol. The molecule has 4 rings (SSSR count). The van der Waals surface area contributed by atoms with Crippen molar-refractivity contribution >= 4 is 22.7 Å². The summed E-state index contributed by atoms with van der Waals surface area (Å²) in [6.07, 6.45) is 0.335. The zero-order valence-corrected chi connectivity index (χ0v) is 16.8. The molecule has 0 bridgehead atoms. The summed E-state index contributed by atoms with van der Waals surface area (Å²) in [6, 6.07) is 15.7. The molecule has 0 spiro atoms. The molecule has 0 radical (unpaired) electrons. The number of aromatic amines is 1. The predicted octanol–water partition coefficient (Wildman–Crippen LogP) is 3.36. The minimum Gasteiger partial charge on any atom is -0.497 e. The number of carbonyl (C=O) groups excluding carboxylic acids is 2. The number of amides is 2. The van der Waals surface area contributed by atoms with Gasteiger partial charge in [0.05, 0.1) is 7.11 Å². The van der Waals surface area contributed by atoms with Crippen LogP contribution in [-0.4, -0.2) is 53.3 Å². The summed E-state index contributed by atoms with van der Waals surface area (Å²) in [5.74, 6) is 0.808. The molecule has 3 aromatic rings. The number of carbonyl (C=O) groups is 2. The molecule has 0 aliphatic carbocycles. The predicted molar refractivity (Wildman–Crippen MR) is 112 cm³/mol. The highest BCUT2D eigenvalue weighted by atomic mass is 16.5. The number of hydrogen-bond donors (Lipinski definition) is 1. The van der Waals surface area contributed by atoms with Gasteiger partial charge in [-0.15, -0.1) is 0 Å². The molecular formula is C23H25N3O3. The van der Waals surface area contributed by atoms with Crippen molar-refractivity contribution in [3.05, 3.63) is 65.4 Å². The Morgan fingerprint density at radius 2 is 1.86 bits per heavy atom. The second-order valence-electron chi connectivity index (χ2n) is 7.48. The molecule has 29 heavy (non-hydrogen) atoms. The molecule has 2 heterocycles. The number of ether oxygens (including phenoxy) is 1. The average molecular weight is 391 g/mol. The lowest BCUT2D eigenvalue weighted by atomic mass is 10.2. The molecule has 1 aromatic heterocycles. The summed E-state index contributed by atoms with van der Waals surface area (Å²) in [7, 11) is 1.63. The van der Waals surface area contributed by atoms with E-state index < -0.39 is 0 Å². The maximum Gasteiger partial charge on any atom is 0.270 e. The lowest BCUT2D eigenvalue weighted by molar-refractivity contribution is -0.130. The zero-order valence-electron chi connectivity index (χ0n) is 16.8. The van der Waals surface area contributed by atoms with Gasteiger partial charge >= 0.3 is 0 Å². The topological polar surface area (TPSA) is 65.6 Å². The first-order chi connectivity index (χ1) is 14.0. The smallest absolute Gasteiger partial charge is 0.270 e. The van der Waals surface area contributed by atoms with E-state index in [9.17, 15) is 9.59 Å². The maximum atomic E-state index is 13.0. The number of methoxy groups -OCH3 is 1. The van der Waals surface area contributed by atoms with Crippen LogP contribution in [0, 0.1) is 6.92 Å². The molecule has 6 nitrogen and oxygen atoms in total. The van der Waals surface area contributed by atoms with Crippen LogP contribution in [0.5, 0.6) is 5.75 Å². The Morgan fingerprint density at radius 3 is 2.62 bits per heavy atom. The van der Waals surface area contributed by atoms with Gasteiger partial charge in [0.2, 0.25) is 5.91 Å². The van der Waals surface area contributed by atoms with Gasteiger partial charge in [-0.05, 0) is 42.8 Å². The van der Waals surface area contributed by atoms with Crippen LogP contribution in [0.3, 0.4) is 0 Å². The van der Waals surface area contributed by atoms with E-state index in [-0.39, 0.29) is 11.8 Å². The van der Waals surface area contributed by atoms with Gasteiger partial charge in [-0.1, -0.05) is 23.8 Å². The minimum atomic E-state index is -0.0575. The quantitative estimate of drug-likeness (QED) is 0.742. The first kappa shape index (κ1) is 19.1. The molecule has 1 saturated heterocycles. The van der Waals surface area contributed by atoms with E-state index in [1.54, 1.807) is 12.0 Å². The second-order valence-corrected chi connectivity index (χ2v) is 7.48. The van der Waals surface area contributed by atoms with Crippen LogP contribution in [0.2, 0.25) is 0 Å². The molecule has 1 aliphatic rings. The van der Waals surface area contributed by atoms with Crippen molar-refractivity contribution < 1.29 is 14.3 Å². The Labute approximate surface area is 170 Å². The van der Waals surface area contributed by atoms with Gasteiger partial charge in [0.25, 0.3) is 5.91 Å². The fraction of sp³-hybridized carbons (Fsp3) is 0.304. The molecule has 2 aromatic carbocycles. The molecule has 1 fully saturated rings. The Bertz CT molecular complexity index is 1040. The standard InChI is InChI=1S/C23H25N3O3/c1-16-3-8-20-18(13-16)14-21(24-20)23(28)25-10-9-22(27)26(12-11-25)15-17-4-6-19(29-2)7-5-17/h3-8,13-14,24H,9-12,15H2,1-2H3. The molecule has 0 atom stereocenters. The summed E-state index contributed by atoms with van der Waals surface area (Å²) in [4.78, 5) is 32.4. The second kappa shape index (κ2) is 7.99. The number of fused-ring (bicyclic) bond motifs is 1. The third-order valence-corrected chi connectivity index (χ3v) is 5.41. The van der Waals surface area contributed by atoms with Gasteiger partial charge in [0.15, 0.2) is 0 Å². The third-order valence-electron chi connectivity index (χ3n) is 5.41. The van der Waals surface area contributed by atoms with E-state index in [0.29, 0.717) is 38.3 Å². The van der Waals surface area contributed by atoms with Crippen molar-refractivity contribution in [3.63, 3.8) is 0 Å². The molecule has 1 aliphatic heterocycles. The van der Waals surface area contributed by atoms with Crippen LogP contribution >= 0.6 is 0 Å². The number of nitrogens with zero attached hydrogens (tertiary/aromatic N) is 2. The van der Waals surface area contributed by atoms with E-state index in [4.69, 9.17) is 4.74 Å². The largest absolute Gasteiger partial charge is 0.497 e. The molecule has 0 unspecified atom stereocenters. The van der Waals surface area contributed by atoms with Crippen LogP contribution in [-0.2, 0) is 11.3 Å². The van der Waals surface area contributed by atoms with Gasteiger partial charge in [0, 0.05) is 43.5 Å². The van der Waals surface area contributed by atoms with E-state index in [0.717, 1.165) is 27.8 Å². The fourth-order valence-electron chi connectivity index (χ4n) is 3.73. The third kappa shape index (κ3) is 4.11. The molecule has 0 saturated carbocycles. The summed E-state index contributed by atoms with van der Waals surface area (Å²) < 4.78 is 5.18. The van der Waals surface area contributed by atoms with Crippen molar-refractivity contribution in [1.82, 2.24) is 14.8 Å². The van der Waals surface area contributed by atoms with E-state index in [1.165, 1.54) is 0 Å². The fourth-order valence-corrected chi connectivity index (χ4v) is 3.73. The maximum absolute atomic E-state index is 13.0. The number of hydrogen-bond acceptors (Lipinski definition) is 3. The van der Waals surface area contributed by atoms with Crippen molar-refractivity contribution in [1.29, 1.82) is 0 Å². The van der Waals surface area contributed by atoms with Crippen molar-refractivity contribution in [2.75, 3.05) is 26.7 Å². The number of H-pyrrole nitrogens is 1. The van der Waals surface area contributed by atoms with Crippen molar-refractivity contribution in [3.8, 4) is 5.75 Å². The Kier molecular flexibility index (Phi) is 5.25. The SMILES string of the molecule is COc1ccc(CN2CCN(C(=O)c3cc4cc(C)ccc4[nH]3)CCC2=O)cc1. The van der Waals surface area contributed by atoms with Gasteiger partial charge in [-0.25, -0.2) is 0 Å². The lowest BCUT2D eigenvalue weighted by Gasteiger charge is -2.22. The summed E-state index contributed by atoms with van der Waals surface area (Å²) in [6.45, 7) is 4.05. The highest BCUT2D eigenvalue weighted by Crippen LogP contribution is 2.20. The lowest BCUT2D eigenvalue weighted by Crippen LogP contribution is -2.35. The first-order valence-corrected chi connectivity index (χ1v) is 9.83. The summed E-state index contributed by atoms with van der Waals surface area (Å²) in [5.41, 5.74) is 3.72. The molecule has 6 heteroatoms. The minimum absolute atomic E-state index is 0.0575. The Hall–Kier alpha value is -3.28. The number of aromatic nitrogens is 1. The monoisotopic (exact) mass is 391 g/mol. The van der Waals surface area contributed by atoms with Crippen molar-refractivity contribution in [2.24, 2.45) is 0 Å². The number of aryl methyl sites for hydroxylation is 1. The number of nitrogens with one attached hydrogen (secondary N) is 1. The van der Waals surface area contributed by atoms with Gasteiger partial charge in [0.1, 0.15) is 11.4 Å². The van der Waals surface area contributed by atoms with Crippen molar-refractivity contribution in [2.45, 2.75) is 19.9 Å². The van der Waals surface area contributed by atoms with Crippen LogP contribution in [0.1, 0.15) is 28.0 Å².